The van der Waals surface area contributed by atoms with Crippen molar-refractivity contribution in [3.63, 3.8) is 0 Å². The van der Waals surface area contributed by atoms with Gasteiger partial charge < -0.3 is 16.0 Å². The van der Waals surface area contributed by atoms with E-state index in [0.29, 0.717) is 17.9 Å². The predicted molar refractivity (Wildman–Crippen MR) is 111 cm³/mol. The van der Waals surface area contributed by atoms with Crippen molar-refractivity contribution in [1.82, 2.24) is 10.2 Å². The van der Waals surface area contributed by atoms with Gasteiger partial charge in [0.1, 0.15) is 0 Å². The number of rotatable bonds is 9. The second-order valence-corrected chi connectivity index (χ2v) is 7.36. The van der Waals surface area contributed by atoms with Crippen LogP contribution in [0, 0.1) is 5.92 Å². The molecule has 3 N–H and O–H groups in total. The highest BCUT2D eigenvalue weighted by Gasteiger charge is 2.25. The van der Waals surface area contributed by atoms with Gasteiger partial charge >= 0.3 is 0 Å². The third kappa shape index (κ3) is 7.68. The summed E-state index contributed by atoms with van der Waals surface area (Å²) < 4.78 is 0. The van der Waals surface area contributed by atoms with E-state index < -0.39 is 0 Å². The highest BCUT2D eigenvalue weighted by Crippen LogP contribution is 2.18. The molecule has 0 atom stereocenters. The molecule has 1 aromatic carbocycles. The number of carbonyl (C=O) groups excluding carboxylic acids is 3. The third-order valence-electron chi connectivity index (χ3n) is 4.87. The number of amides is 3. The third-order valence-corrected chi connectivity index (χ3v) is 4.87. The lowest BCUT2D eigenvalue weighted by atomic mass is 9.96. The van der Waals surface area contributed by atoms with Crippen molar-refractivity contribution in [2.24, 2.45) is 5.92 Å². The molecule has 0 bridgehead atoms. The summed E-state index contributed by atoms with van der Waals surface area (Å²) in [6, 6.07) is 7.08. The van der Waals surface area contributed by atoms with Crippen molar-refractivity contribution in [2.75, 3.05) is 36.8 Å². The summed E-state index contributed by atoms with van der Waals surface area (Å²) in [6.45, 7) is 6.13. The smallest absolute Gasteiger partial charge is 0.238 e. The fourth-order valence-electron chi connectivity index (χ4n) is 3.37. The lowest BCUT2D eigenvalue weighted by molar-refractivity contribution is -0.126. The minimum Gasteiger partial charge on any atom is -0.356 e. The molecule has 1 heterocycles. The van der Waals surface area contributed by atoms with Gasteiger partial charge in [-0.15, -0.1) is 0 Å². The molecule has 28 heavy (non-hydrogen) atoms. The van der Waals surface area contributed by atoms with Crippen LogP contribution in [0.3, 0.4) is 0 Å². The molecule has 7 heteroatoms. The average Bonchev–Trinajstić information content (AvgIpc) is 2.65. The van der Waals surface area contributed by atoms with Crippen molar-refractivity contribution in [3.05, 3.63) is 24.3 Å². The highest BCUT2D eigenvalue weighted by molar-refractivity contribution is 5.94. The van der Waals surface area contributed by atoms with E-state index in [1.54, 1.807) is 24.3 Å². The molecule has 1 fully saturated rings. The van der Waals surface area contributed by atoms with Gasteiger partial charge in [-0.1, -0.05) is 25.8 Å². The summed E-state index contributed by atoms with van der Waals surface area (Å²) in [5, 5.41) is 8.59. The molecule has 3 amide bonds. The second kappa shape index (κ2) is 11.4. The maximum atomic E-state index is 12.3. The van der Waals surface area contributed by atoms with Crippen LogP contribution >= 0.6 is 0 Å². The Bertz CT molecular complexity index is 669. The molecule has 1 aliphatic rings. The molecule has 2 rings (SSSR count). The Kier molecular flexibility index (Phi) is 8.94. The second-order valence-electron chi connectivity index (χ2n) is 7.36. The molecule has 0 unspecified atom stereocenters. The van der Waals surface area contributed by atoms with E-state index >= 15 is 0 Å². The van der Waals surface area contributed by atoms with Gasteiger partial charge in [0.15, 0.2) is 0 Å². The monoisotopic (exact) mass is 388 g/mol. The number of nitrogens with one attached hydrogen (secondary N) is 3. The summed E-state index contributed by atoms with van der Waals surface area (Å²) in [5.74, 6) is -0.0477. The van der Waals surface area contributed by atoms with Gasteiger partial charge in [0.2, 0.25) is 17.7 Å². The minimum absolute atomic E-state index is 0.0512. The van der Waals surface area contributed by atoms with Gasteiger partial charge in [-0.3, -0.25) is 19.3 Å². The van der Waals surface area contributed by atoms with Crippen LogP contribution in [0.5, 0.6) is 0 Å². The summed E-state index contributed by atoms with van der Waals surface area (Å²) in [5.41, 5.74) is 1.30. The van der Waals surface area contributed by atoms with Gasteiger partial charge in [-0.25, -0.2) is 0 Å². The lowest BCUT2D eigenvalue weighted by Crippen LogP contribution is -2.43. The van der Waals surface area contributed by atoms with Crippen molar-refractivity contribution in [3.8, 4) is 0 Å². The molecule has 1 saturated heterocycles. The van der Waals surface area contributed by atoms with Crippen LogP contribution in [-0.4, -0.2) is 48.8 Å². The Balaban J connectivity index is 1.71. The normalized spacial score (nSPS) is 15.1. The lowest BCUT2D eigenvalue weighted by Gasteiger charge is -2.30. The van der Waals surface area contributed by atoms with E-state index in [-0.39, 0.29) is 23.6 Å². The van der Waals surface area contributed by atoms with Crippen LogP contribution in [-0.2, 0) is 14.4 Å². The molecule has 1 aromatic rings. The summed E-state index contributed by atoms with van der Waals surface area (Å²) in [7, 11) is 0. The highest BCUT2D eigenvalue weighted by atomic mass is 16.2. The van der Waals surface area contributed by atoms with Crippen LogP contribution < -0.4 is 16.0 Å². The number of unbranched alkanes of at least 4 members (excludes halogenated alkanes) is 2. The van der Waals surface area contributed by atoms with Crippen LogP contribution in [0.2, 0.25) is 0 Å². The van der Waals surface area contributed by atoms with Gasteiger partial charge in [-0.05, 0) is 50.6 Å². The number of carbonyl (C=O) groups is 3. The summed E-state index contributed by atoms with van der Waals surface area (Å²) in [4.78, 5) is 37.7. The first-order valence-corrected chi connectivity index (χ1v) is 10.2. The average molecular weight is 389 g/mol. The zero-order chi connectivity index (χ0) is 20.4. The van der Waals surface area contributed by atoms with Crippen molar-refractivity contribution in [1.29, 1.82) is 0 Å². The predicted octanol–water partition coefficient (Wildman–Crippen LogP) is 2.60. The number of nitrogens with zero attached hydrogens (tertiary/aromatic N) is 1. The van der Waals surface area contributed by atoms with E-state index in [0.717, 1.165) is 51.7 Å². The topological polar surface area (TPSA) is 90.5 Å². The maximum Gasteiger partial charge on any atom is 0.238 e. The standard InChI is InChI=1S/C21H32N4O3/c1-3-4-5-11-22-21(28)17-9-12-25(13-10-17)15-20(27)24-19-8-6-7-18(14-19)23-16(2)26/h6-8,14,17H,3-5,9-13,15H2,1-2H3,(H,22,28)(H,23,26)(H,24,27). The minimum atomic E-state index is -0.152. The Morgan fingerprint density at radius 2 is 1.75 bits per heavy atom. The molecule has 0 radical (unpaired) electrons. The quantitative estimate of drug-likeness (QED) is 0.567. The van der Waals surface area contributed by atoms with Crippen LogP contribution in [0.1, 0.15) is 46.0 Å². The molecule has 0 spiro atoms. The van der Waals surface area contributed by atoms with E-state index in [1.165, 1.54) is 6.92 Å². The largest absolute Gasteiger partial charge is 0.356 e. The van der Waals surface area contributed by atoms with Crippen LogP contribution in [0.25, 0.3) is 0 Å². The zero-order valence-corrected chi connectivity index (χ0v) is 16.9. The fraction of sp³-hybridized carbons (Fsp3) is 0.571. The number of anilines is 2. The van der Waals surface area contributed by atoms with Crippen molar-refractivity contribution >= 4 is 29.1 Å². The number of hydrogen-bond acceptors (Lipinski definition) is 4. The van der Waals surface area contributed by atoms with E-state index in [2.05, 4.69) is 27.8 Å². The van der Waals surface area contributed by atoms with Crippen LogP contribution in [0.15, 0.2) is 24.3 Å². The first-order valence-electron chi connectivity index (χ1n) is 10.2. The van der Waals surface area contributed by atoms with Gasteiger partial charge in [0.25, 0.3) is 0 Å². The molecular formula is C21H32N4O3. The first kappa shape index (κ1) is 21.9. The Hall–Kier alpha value is -2.41. The molecule has 7 nitrogen and oxygen atoms in total. The van der Waals surface area contributed by atoms with Crippen LogP contribution in [0.4, 0.5) is 11.4 Å². The summed E-state index contributed by atoms with van der Waals surface area (Å²) in [6.07, 6.45) is 4.88. The Morgan fingerprint density at radius 1 is 1.07 bits per heavy atom. The van der Waals surface area contributed by atoms with Gasteiger partial charge in [0.05, 0.1) is 6.54 Å². The molecule has 0 saturated carbocycles. The van der Waals surface area contributed by atoms with E-state index in [4.69, 9.17) is 0 Å². The SMILES string of the molecule is CCCCCNC(=O)C1CCN(CC(=O)Nc2cccc(NC(C)=O)c2)CC1. The Labute approximate surface area is 167 Å². The molecule has 154 valence electrons. The zero-order valence-electron chi connectivity index (χ0n) is 16.9. The number of hydrogen-bond donors (Lipinski definition) is 3. The number of likely N-dealkylation sites (tertiary alicyclic amines) is 1. The molecule has 0 aromatic heterocycles. The molecular weight excluding hydrogens is 356 g/mol. The fourth-order valence-corrected chi connectivity index (χ4v) is 3.37. The van der Waals surface area contributed by atoms with Gasteiger partial charge in [0, 0.05) is 30.8 Å². The van der Waals surface area contributed by atoms with E-state index in [9.17, 15) is 14.4 Å². The number of piperidine rings is 1. The number of benzene rings is 1. The van der Waals surface area contributed by atoms with Crippen molar-refractivity contribution in [2.45, 2.75) is 46.0 Å². The van der Waals surface area contributed by atoms with Crippen molar-refractivity contribution < 1.29 is 14.4 Å². The summed E-state index contributed by atoms with van der Waals surface area (Å²) >= 11 is 0. The Morgan fingerprint density at radius 3 is 2.39 bits per heavy atom. The molecule has 0 aliphatic carbocycles. The maximum absolute atomic E-state index is 12.3. The first-order chi connectivity index (χ1) is 13.5. The van der Waals surface area contributed by atoms with Gasteiger partial charge in [-0.2, -0.15) is 0 Å². The van der Waals surface area contributed by atoms with E-state index in [1.807, 2.05) is 0 Å². The molecule has 1 aliphatic heterocycles.